The molecule has 33 heavy (non-hydrogen) atoms. The van der Waals surface area contributed by atoms with Crippen molar-refractivity contribution < 1.29 is 4.79 Å². The second kappa shape index (κ2) is 8.46. The van der Waals surface area contributed by atoms with E-state index in [0.29, 0.717) is 18.0 Å². The number of benzene rings is 1. The average molecular weight is 443 g/mol. The summed E-state index contributed by atoms with van der Waals surface area (Å²) in [4.78, 5) is 18.5. The van der Waals surface area contributed by atoms with Crippen LogP contribution in [-0.2, 0) is 13.1 Å². The van der Waals surface area contributed by atoms with E-state index in [-0.39, 0.29) is 11.9 Å². The average Bonchev–Trinajstić information content (AvgIpc) is 3.53. The monoisotopic (exact) mass is 442 g/mol. The normalized spacial score (nSPS) is 14.5. The molecule has 1 fully saturated rings. The summed E-state index contributed by atoms with van der Waals surface area (Å²) in [5.74, 6) is 0.339. The number of hydrogen-bond donors (Lipinski definition) is 1. The standard InChI is InChI=1S/C26H30N6O/c1-5-31-15-22(17(3)29-31)16(2)27-26(33)21-13-23(20-11-12-20)28-25-24(21)18(4)30-32(25)14-19-9-7-6-8-10-19/h6-10,13,15-16,20H,5,11-12,14H2,1-4H3,(H,27,33)/t16-/m1/s1. The lowest BCUT2D eigenvalue weighted by atomic mass is 10.1. The number of pyridine rings is 1. The SMILES string of the molecule is CCn1cc([C@@H](C)NC(=O)c2cc(C3CC3)nc3c2c(C)nn3Cc2ccccc2)c(C)n1. The zero-order valence-corrected chi connectivity index (χ0v) is 19.7. The minimum absolute atomic E-state index is 0.0946. The summed E-state index contributed by atoms with van der Waals surface area (Å²) < 4.78 is 3.84. The zero-order chi connectivity index (χ0) is 23.1. The summed E-state index contributed by atoms with van der Waals surface area (Å²) in [7, 11) is 0. The molecule has 0 radical (unpaired) electrons. The summed E-state index contributed by atoms with van der Waals surface area (Å²) in [6.07, 6.45) is 4.26. The Bertz CT molecular complexity index is 1320. The molecule has 1 N–H and O–H groups in total. The zero-order valence-electron chi connectivity index (χ0n) is 19.7. The number of rotatable bonds is 7. The van der Waals surface area contributed by atoms with E-state index < -0.39 is 0 Å². The lowest BCUT2D eigenvalue weighted by Gasteiger charge is -2.15. The molecule has 7 nitrogen and oxygen atoms in total. The first-order chi connectivity index (χ1) is 15.9. The molecule has 0 saturated heterocycles. The van der Waals surface area contributed by atoms with Crippen molar-refractivity contribution in [2.45, 2.75) is 65.6 Å². The Balaban J connectivity index is 1.52. The maximum Gasteiger partial charge on any atom is 0.252 e. The molecule has 1 amide bonds. The molecule has 0 unspecified atom stereocenters. The van der Waals surface area contributed by atoms with E-state index in [1.54, 1.807) is 0 Å². The van der Waals surface area contributed by atoms with Crippen LogP contribution in [0.25, 0.3) is 11.0 Å². The second-order valence-electron chi connectivity index (χ2n) is 9.02. The molecule has 170 valence electrons. The molecule has 0 spiro atoms. The van der Waals surface area contributed by atoms with Gasteiger partial charge in [-0.05, 0) is 52.2 Å². The van der Waals surface area contributed by atoms with Crippen LogP contribution in [0, 0.1) is 13.8 Å². The van der Waals surface area contributed by atoms with Crippen LogP contribution in [0.5, 0.6) is 0 Å². The number of nitrogens with zero attached hydrogens (tertiary/aromatic N) is 5. The predicted molar refractivity (Wildman–Crippen MR) is 128 cm³/mol. The Morgan fingerprint density at radius 2 is 1.91 bits per heavy atom. The lowest BCUT2D eigenvalue weighted by Crippen LogP contribution is -2.27. The van der Waals surface area contributed by atoms with Gasteiger partial charge in [0.05, 0.1) is 34.9 Å². The highest BCUT2D eigenvalue weighted by molar-refractivity contribution is 6.06. The van der Waals surface area contributed by atoms with Crippen molar-refractivity contribution in [2.75, 3.05) is 0 Å². The fourth-order valence-corrected chi connectivity index (χ4v) is 4.48. The van der Waals surface area contributed by atoms with Crippen molar-refractivity contribution in [3.8, 4) is 0 Å². The van der Waals surface area contributed by atoms with Crippen LogP contribution in [0.2, 0.25) is 0 Å². The molecule has 0 aliphatic heterocycles. The number of aryl methyl sites for hydroxylation is 3. The molecule has 3 heterocycles. The van der Waals surface area contributed by atoms with Gasteiger partial charge in [-0.15, -0.1) is 0 Å². The smallest absolute Gasteiger partial charge is 0.252 e. The van der Waals surface area contributed by atoms with Gasteiger partial charge in [0.2, 0.25) is 0 Å². The fraction of sp³-hybridized carbons (Fsp3) is 0.385. The van der Waals surface area contributed by atoms with Gasteiger partial charge in [0.1, 0.15) is 0 Å². The molecule has 5 rings (SSSR count). The number of carbonyl (C=O) groups is 1. The van der Waals surface area contributed by atoms with Gasteiger partial charge < -0.3 is 5.32 Å². The van der Waals surface area contributed by atoms with E-state index in [2.05, 4.69) is 29.5 Å². The molecule has 1 aliphatic carbocycles. The Hall–Kier alpha value is -3.48. The molecule has 1 saturated carbocycles. The van der Waals surface area contributed by atoms with Crippen molar-refractivity contribution in [1.29, 1.82) is 0 Å². The third-order valence-corrected chi connectivity index (χ3v) is 6.44. The summed E-state index contributed by atoms with van der Waals surface area (Å²) >= 11 is 0. The van der Waals surface area contributed by atoms with Gasteiger partial charge in [0.15, 0.2) is 5.65 Å². The van der Waals surface area contributed by atoms with Gasteiger partial charge in [-0.3, -0.25) is 9.48 Å². The number of nitrogens with one attached hydrogen (secondary N) is 1. The maximum absolute atomic E-state index is 13.5. The molecule has 0 bridgehead atoms. The van der Waals surface area contributed by atoms with Crippen molar-refractivity contribution in [3.63, 3.8) is 0 Å². The first-order valence-electron chi connectivity index (χ1n) is 11.7. The third kappa shape index (κ3) is 4.15. The molecule has 1 atom stereocenters. The Kier molecular flexibility index (Phi) is 5.48. The second-order valence-corrected chi connectivity index (χ2v) is 9.02. The number of carbonyl (C=O) groups excluding carboxylic acids is 1. The quantitative estimate of drug-likeness (QED) is 0.451. The van der Waals surface area contributed by atoms with Crippen LogP contribution in [0.1, 0.15) is 77.2 Å². The number of amides is 1. The van der Waals surface area contributed by atoms with Crippen LogP contribution in [0.15, 0.2) is 42.6 Å². The van der Waals surface area contributed by atoms with Crippen LogP contribution in [0.4, 0.5) is 0 Å². The van der Waals surface area contributed by atoms with Crippen LogP contribution in [-0.4, -0.2) is 30.5 Å². The predicted octanol–water partition coefficient (Wildman–Crippen LogP) is 4.68. The first kappa shape index (κ1) is 21.4. The maximum atomic E-state index is 13.5. The van der Waals surface area contributed by atoms with Crippen LogP contribution < -0.4 is 5.32 Å². The summed E-state index contributed by atoms with van der Waals surface area (Å²) in [6.45, 7) is 9.43. The van der Waals surface area contributed by atoms with E-state index in [9.17, 15) is 4.79 Å². The van der Waals surface area contributed by atoms with Gasteiger partial charge in [-0.2, -0.15) is 10.2 Å². The molecule has 4 aromatic rings. The minimum Gasteiger partial charge on any atom is -0.345 e. The molecule has 3 aromatic heterocycles. The first-order valence-corrected chi connectivity index (χ1v) is 11.7. The lowest BCUT2D eigenvalue weighted by molar-refractivity contribution is 0.0941. The minimum atomic E-state index is -0.148. The number of hydrogen-bond acceptors (Lipinski definition) is 4. The van der Waals surface area contributed by atoms with Crippen LogP contribution in [0.3, 0.4) is 0 Å². The van der Waals surface area contributed by atoms with Gasteiger partial charge >= 0.3 is 0 Å². The highest BCUT2D eigenvalue weighted by Gasteiger charge is 2.29. The third-order valence-electron chi connectivity index (χ3n) is 6.44. The van der Waals surface area contributed by atoms with Gasteiger partial charge in [-0.1, -0.05) is 30.3 Å². The topological polar surface area (TPSA) is 77.6 Å². The van der Waals surface area contributed by atoms with E-state index >= 15 is 0 Å². The van der Waals surface area contributed by atoms with E-state index in [1.165, 1.54) is 0 Å². The molecule has 7 heteroatoms. The molecular formula is C26H30N6O. The Morgan fingerprint density at radius 1 is 1.15 bits per heavy atom. The highest BCUT2D eigenvalue weighted by atomic mass is 16.1. The molecule has 1 aromatic carbocycles. The van der Waals surface area contributed by atoms with Crippen LogP contribution >= 0.6 is 0 Å². The van der Waals surface area contributed by atoms with Gasteiger partial charge in [-0.25, -0.2) is 9.67 Å². The van der Waals surface area contributed by atoms with E-state index in [0.717, 1.165) is 58.6 Å². The van der Waals surface area contributed by atoms with Crippen molar-refractivity contribution in [3.05, 3.63) is 76.4 Å². The Labute approximate surface area is 193 Å². The summed E-state index contributed by atoms with van der Waals surface area (Å²) in [6, 6.07) is 12.1. The fourth-order valence-electron chi connectivity index (χ4n) is 4.48. The largest absolute Gasteiger partial charge is 0.345 e. The van der Waals surface area contributed by atoms with Crippen molar-refractivity contribution >= 4 is 16.9 Å². The van der Waals surface area contributed by atoms with E-state index in [4.69, 9.17) is 10.1 Å². The highest BCUT2D eigenvalue weighted by Crippen LogP contribution is 2.40. The Morgan fingerprint density at radius 3 is 2.58 bits per heavy atom. The summed E-state index contributed by atoms with van der Waals surface area (Å²) in [5, 5.41) is 13.3. The van der Waals surface area contributed by atoms with Gasteiger partial charge in [0.25, 0.3) is 5.91 Å². The van der Waals surface area contributed by atoms with E-state index in [1.807, 2.05) is 60.6 Å². The van der Waals surface area contributed by atoms with Gasteiger partial charge in [0, 0.05) is 29.9 Å². The van der Waals surface area contributed by atoms with Crippen molar-refractivity contribution in [1.82, 2.24) is 29.9 Å². The molecule has 1 aliphatic rings. The molecular weight excluding hydrogens is 412 g/mol. The van der Waals surface area contributed by atoms with Crippen molar-refractivity contribution in [2.24, 2.45) is 0 Å². The number of fused-ring (bicyclic) bond motifs is 1. The summed E-state index contributed by atoms with van der Waals surface area (Å²) in [5.41, 5.74) is 6.39. The number of aromatic nitrogens is 5.